The molecule has 2 aliphatic heterocycles. The monoisotopic (exact) mass is 487 g/mol. The summed E-state index contributed by atoms with van der Waals surface area (Å²) in [7, 11) is 0. The van der Waals surface area contributed by atoms with E-state index in [1.54, 1.807) is 0 Å². The second-order valence-corrected chi connectivity index (χ2v) is 9.98. The van der Waals surface area contributed by atoms with Crippen LogP contribution in [0.4, 0.5) is 23.3 Å². The molecule has 182 valence electrons. The van der Waals surface area contributed by atoms with Crippen molar-refractivity contribution in [2.75, 3.05) is 52.7 Å². The van der Waals surface area contributed by atoms with Crippen LogP contribution in [0.5, 0.6) is 0 Å². The van der Waals surface area contributed by atoms with Gasteiger partial charge in [0.05, 0.1) is 0 Å². The third-order valence-electron chi connectivity index (χ3n) is 6.49. The Morgan fingerprint density at radius 2 is 1.40 bits per heavy atom. The quantitative estimate of drug-likeness (QED) is 0.500. The molecule has 2 aromatic carbocycles. The summed E-state index contributed by atoms with van der Waals surface area (Å²) in [5, 5.41) is 7.05. The molecule has 2 N–H and O–H groups in total. The smallest absolute Gasteiger partial charge is 0.232 e. The molecule has 2 aliphatic rings. The second kappa shape index (κ2) is 10.5. The highest BCUT2D eigenvalue weighted by atomic mass is 32.1. The SMILES string of the molecule is CC(C)CNC(=S)Nc1nc(N2CCN(c3ccccc3)CC2)cc(N2Cc3ccccc3C2)n1. The Morgan fingerprint density at radius 1 is 0.829 bits per heavy atom. The molecule has 3 heterocycles. The van der Waals surface area contributed by atoms with Gasteiger partial charge in [-0.25, -0.2) is 0 Å². The van der Waals surface area contributed by atoms with E-state index in [4.69, 9.17) is 22.2 Å². The number of nitrogens with zero attached hydrogens (tertiary/aromatic N) is 5. The number of rotatable bonds is 6. The van der Waals surface area contributed by atoms with Crippen LogP contribution in [0.1, 0.15) is 25.0 Å². The summed E-state index contributed by atoms with van der Waals surface area (Å²) in [4.78, 5) is 16.8. The predicted octanol–water partition coefficient (Wildman–Crippen LogP) is 4.27. The van der Waals surface area contributed by atoms with E-state index >= 15 is 0 Å². The summed E-state index contributed by atoms with van der Waals surface area (Å²) in [6.07, 6.45) is 0. The zero-order valence-electron chi connectivity index (χ0n) is 20.4. The Kier molecular flexibility index (Phi) is 6.99. The van der Waals surface area contributed by atoms with Gasteiger partial charge < -0.3 is 25.3 Å². The molecular formula is C27H33N7S. The van der Waals surface area contributed by atoms with Gasteiger partial charge in [-0.15, -0.1) is 0 Å². The maximum absolute atomic E-state index is 5.52. The minimum Gasteiger partial charge on any atom is -0.368 e. The van der Waals surface area contributed by atoms with Gasteiger partial charge in [-0.05, 0) is 41.4 Å². The number of piperazine rings is 1. The van der Waals surface area contributed by atoms with Crippen LogP contribution >= 0.6 is 12.2 Å². The van der Waals surface area contributed by atoms with Gasteiger partial charge in [0.25, 0.3) is 0 Å². The lowest BCUT2D eigenvalue weighted by molar-refractivity contribution is 0.627. The van der Waals surface area contributed by atoms with E-state index < -0.39 is 0 Å². The maximum Gasteiger partial charge on any atom is 0.232 e. The molecule has 0 bridgehead atoms. The second-order valence-electron chi connectivity index (χ2n) is 9.57. The van der Waals surface area contributed by atoms with Crippen molar-refractivity contribution < 1.29 is 0 Å². The molecule has 0 radical (unpaired) electrons. The Bertz CT molecular complexity index is 1130. The van der Waals surface area contributed by atoms with E-state index in [-0.39, 0.29) is 0 Å². The number of aromatic nitrogens is 2. The molecular weight excluding hydrogens is 454 g/mol. The highest BCUT2D eigenvalue weighted by molar-refractivity contribution is 7.80. The Morgan fingerprint density at radius 3 is 2.03 bits per heavy atom. The lowest BCUT2D eigenvalue weighted by Gasteiger charge is -2.37. The van der Waals surface area contributed by atoms with Crippen LogP contribution in [0, 0.1) is 5.92 Å². The van der Waals surface area contributed by atoms with Crippen molar-refractivity contribution in [3.8, 4) is 0 Å². The first-order valence-corrected chi connectivity index (χ1v) is 12.8. The number of fused-ring (bicyclic) bond motifs is 1. The van der Waals surface area contributed by atoms with Gasteiger partial charge in [0.2, 0.25) is 5.95 Å². The fraction of sp³-hybridized carbons (Fsp3) is 0.370. The van der Waals surface area contributed by atoms with E-state index in [2.05, 4.69) is 99.8 Å². The van der Waals surface area contributed by atoms with Crippen LogP contribution in [0.2, 0.25) is 0 Å². The Hall–Kier alpha value is -3.39. The van der Waals surface area contributed by atoms with Crippen LogP contribution in [-0.2, 0) is 13.1 Å². The fourth-order valence-corrected chi connectivity index (χ4v) is 4.75. The van der Waals surface area contributed by atoms with E-state index in [1.165, 1.54) is 16.8 Å². The van der Waals surface area contributed by atoms with Crippen molar-refractivity contribution in [3.05, 3.63) is 71.8 Å². The molecule has 0 unspecified atom stereocenters. The van der Waals surface area contributed by atoms with Crippen LogP contribution < -0.4 is 25.3 Å². The van der Waals surface area contributed by atoms with Crippen molar-refractivity contribution in [3.63, 3.8) is 0 Å². The van der Waals surface area contributed by atoms with Crippen molar-refractivity contribution >= 4 is 40.6 Å². The van der Waals surface area contributed by atoms with Gasteiger partial charge in [0.1, 0.15) is 11.6 Å². The van der Waals surface area contributed by atoms with Gasteiger partial charge in [0.15, 0.2) is 5.11 Å². The van der Waals surface area contributed by atoms with Gasteiger partial charge in [-0.3, -0.25) is 0 Å². The lowest BCUT2D eigenvalue weighted by atomic mass is 10.1. The number of anilines is 4. The molecule has 0 amide bonds. The first-order chi connectivity index (χ1) is 17.0. The molecule has 1 saturated heterocycles. The average Bonchev–Trinajstić information content (AvgIpc) is 3.32. The normalized spacial score (nSPS) is 15.3. The van der Waals surface area contributed by atoms with Crippen molar-refractivity contribution in [2.24, 2.45) is 5.92 Å². The zero-order chi connectivity index (χ0) is 24.2. The fourth-order valence-electron chi connectivity index (χ4n) is 4.57. The third-order valence-corrected chi connectivity index (χ3v) is 6.73. The number of hydrogen-bond acceptors (Lipinski definition) is 6. The van der Waals surface area contributed by atoms with E-state index in [0.29, 0.717) is 17.0 Å². The molecule has 1 fully saturated rings. The summed E-state index contributed by atoms with van der Waals surface area (Å²) >= 11 is 5.52. The summed E-state index contributed by atoms with van der Waals surface area (Å²) in [6.45, 7) is 10.5. The summed E-state index contributed by atoms with van der Waals surface area (Å²) in [5.41, 5.74) is 3.98. The zero-order valence-corrected chi connectivity index (χ0v) is 21.3. The van der Waals surface area contributed by atoms with Gasteiger partial charge in [-0.2, -0.15) is 9.97 Å². The number of hydrogen-bond donors (Lipinski definition) is 2. The van der Waals surface area contributed by atoms with Crippen molar-refractivity contribution in [1.82, 2.24) is 15.3 Å². The number of nitrogens with one attached hydrogen (secondary N) is 2. The molecule has 0 aliphatic carbocycles. The molecule has 35 heavy (non-hydrogen) atoms. The largest absolute Gasteiger partial charge is 0.368 e. The minimum absolute atomic E-state index is 0.501. The van der Waals surface area contributed by atoms with E-state index in [0.717, 1.165) is 57.4 Å². The van der Waals surface area contributed by atoms with Crippen LogP contribution in [0.25, 0.3) is 0 Å². The number of thiocarbonyl (C=S) groups is 1. The van der Waals surface area contributed by atoms with Crippen molar-refractivity contribution in [2.45, 2.75) is 26.9 Å². The molecule has 0 spiro atoms. The van der Waals surface area contributed by atoms with E-state index in [9.17, 15) is 0 Å². The third kappa shape index (κ3) is 5.65. The number of para-hydroxylation sites is 1. The summed E-state index contributed by atoms with van der Waals surface area (Å²) in [5.74, 6) is 2.90. The Balaban J connectivity index is 1.35. The minimum atomic E-state index is 0.501. The summed E-state index contributed by atoms with van der Waals surface area (Å²) in [6, 6.07) is 21.3. The van der Waals surface area contributed by atoms with Crippen LogP contribution in [0.15, 0.2) is 60.7 Å². The number of benzene rings is 2. The first kappa shape index (κ1) is 23.4. The standard InChI is InChI=1S/C27H33N7S/c1-20(2)17-28-27(35)31-26-29-24(33-14-12-32(13-15-33)23-10-4-3-5-11-23)16-25(30-26)34-18-21-8-6-7-9-22(21)19-34/h3-11,16,20H,12-15,17-19H2,1-2H3,(H2,28,29,30,31,35). The molecule has 1 aromatic heterocycles. The molecule has 7 nitrogen and oxygen atoms in total. The lowest BCUT2D eigenvalue weighted by Crippen LogP contribution is -2.47. The predicted molar refractivity (Wildman–Crippen MR) is 148 cm³/mol. The highest BCUT2D eigenvalue weighted by Gasteiger charge is 2.24. The highest BCUT2D eigenvalue weighted by Crippen LogP contribution is 2.30. The molecule has 5 rings (SSSR count). The van der Waals surface area contributed by atoms with Crippen LogP contribution in [0.3, 0.4) is 0 Å². The van der Waals surface area contributed by atoms with Crippen LogP contribution in [-0.4, -0.2) is 47.8 Å². The average molecular weight is 488 g/mol. The molecule has 8 heteroatoms. The van der Waals surface area contributed by atoms with Gasteiger partial charge in [0, 0.05) is 57.6 Å². The summed E-state index contributed by atoms with van der Waals surface area (Å²) < 4.78 is 0. The maximum atomic E-state index is 5.52. The topological polar surface area (TPSA) is 59.6 Å². The molecule has 0 saturated carbocycles. The first-order valence-electron chi connectivity index (χ1n) is 12.4. The van der Waals surface area contributed by atoms with E-state index in [1.807, 2.05) is 0 Å². The Labute approximate surface area is 213 Å². The molecule has 3 aromatic rings. The van der Waals surface area contributed by atoms with Crippen molar-refractivity contribution in [1.29, 1.82) is 0 Å². The van der Waals surface area contributed by atoms with Gasteiger partial charge >= 0.3 is 0 Å². The van der Waals surface area contributed by atoms with Gasteiger partial charge in [-0.1, -0.05) is 56.3 Å². The molecule has 0 atom stereocenters.